The number of ether oxygens (including phenoxy) is 2. The van der Waals surface area contributed by atoms with E-state index in [4.69, 9.17) is 9.47 Å². The number of amides is 2. The molecule has 2 aliphatic rings. The highest BCUT2D eigenvalue weighted by Gasteiger charge is 2.40. The van der Waals surface area contributed by atoms with Crippen molar-refractivity contribution >= 4 is 23.8 Å². The van der Waals surface area contributed by atoms with Crippen molar-refractivity contribution in [1.82, 2.24) is 10.2 Å². The van der Waals surface area contributed by atoms with E-state index in [0.29, 0.717) is 25.7 Å². The van der Waals surface area contributed by atoms with Gasteiger partial charge in [-0.3, -0.25) is 14.5 Å². The third-order valence-corrected chi connectivity index (χ3v) is 6.74. The molecule has 1 saturated carbocycles. The van der Waals surface area contributed by atoms with Crippen LogP contribution in [0, 0.1) is 5.92 Å². The van der Waals surface area contributed by atoms with Gasteiger partial charge in [0.05, 0.1) is 13.7 Å². The van der Waals surface area contributed by atoms with Crippen molar-refractivity contribution in [2.75, 3.05) is 7.11 Å². The topological polar surface area (TPSA) is 102 Å². The summed E-state index contributed by atoms with van der Waals surface area (Å²) in [5.74, 6) is -1.32. The minimum Gasteiger partial charge on any atom is -0.467 e. The summed E-state index contributed by atoms with van der Waals surface area (Å²) >= 11 is 0. The minimum absolute atomic E-state index is 0.0714. The predicted octanol–water partition coefficient (Wildman–Crippen LogP) is 3.17. The van der Waals surface area contributed by atoms with E-state index in [1.165, 1.54) is 12.0 Å². The molecule has 2 aromatic rings. The Balaban J connectivity index is 1.53. The van der Waals surface area contributed by atoms with Crippen molar-refractivity contribution in [2.45, 2.75) is 57.3 Å². The van der Waals surface area contributed by atoms with Gasteiger partial charge < -0.3 is 14.8 Å². The molecule has 0 saturated heterocycles. The maximum absolute atomic E-state index is 13.5. The number of hydrogen-bond acceptors (Lipinski definition) is 6. The van der Waals surface area contributed by atoms with Crippen molar-refractivity contribution < 1.29 is 28.7 Å². The zero-order chi connectivity index (χ0) is 24.8. The molecule has 4 rings (SSSR count). The van der Waals surface area contributed by atoms with Gasteiger partial charge in [-0.1, -0.05) is 54.6 Å². The SMILES string of the molecule is COC(=O)[C@@H](NC(=O)[C@@H]1Cc2ccccc2CN1C(=O)OCc1ccccc1)[C@H]1CCCC(=O)C1. The van der Waals surface area contributed by atoms with E-state index in [2.05, 4.69) is 5.32 Å². The Bertz CT molecular complexity index is 1090. The van der Waals surface area contributed by atoms with Crippen LogP contribution < -0.4 is 5.32 Å². The molecule has 8 heteroatoms. The number of nitrogens with zero attached hydrogens (tertiary/aromatic N) is 1. The van der Waals surface area contributed by atoms with Gasteiger partial charge in [-0.05, 0) is 35.4 Å². The smallest absolute Gasteiger partial charge is 0.411 e. The number of nitrogens with one attached hydrogen (secondary N) is 1. The third-order valence-electron chi connectivity index (χ3n) is 6.74. The van der Waals surface area contributed by atoms with E-state index in [1.807, 2.05) is 54.6 Å². The highest BCUT2D eigenvalue weighted by molar-refractivity contribution is 5.91. The highest BCUT2D eigenvalue weighted by Crippen LogP contribution is 2.27. The molecule has 1 heterocycles. The molecule has 0 aromatic heterocycles. The fourth-order valence-electron chi connectivity index (χ4n) is 4.84. The number of Topliss-reactive ketones (excluding diaryl/α,β-unsaturated/α-hetero) is 1. The molecule has 1 aliphatic heterocycles. The van der Waals surface area contributed by atoms with E-state index in [-0.39, 0.29) is 31.3 Å². The number of carbonyl (C=O) groups is 4. The number of benzene rings is 2. The van der Waals surface area contributed by atoms with Crippen LogP contribution in [-0.4, -0.2) is 47.8 Å². The molecule has 1 fully saturated rings. The van der Waals surface area contributed by atoms with E-state index < -0.39 is 30.1 Å². The van der Waals surface area contributed by atoms with Gasteiger partial charge in [0.15, 0.2) is 0 Å². The Hall–Kier alpha value is -3.68. The Labute approximate surface area is 204 Å². The summed E-state index contributed by atoms with van der Waals surface area (Å²) in [5, 5.41) is 2.80. The van der Waals surface area contributed by atoms with E-state index in [0.717, 1.165) is 16.7 Å². The van der Waals surface area contributed by atoms with Gasteiger partial charge >= 0.3 is 12.1 Å². The molecule has 2 aromatic carbocycles. The lowest BCUT2D eigenvalue weighted by Crippen LogP contribution is -2.57. The van der Waals surface area contributed by atoms with Crippen molar-refractivity contribution in [3.05, 3.63) is 71.3 Å². The lowest BCUT2D eigenvalue weighted by atomic mass is 9.83. The Kier molecular flexibility index (Phi) is 7.80. The average Bonchev–Trinajstić information content (AvgIpc) is 2.89. The number of fused-ring (bicyclic) bond motifs is 1. The van der Waals surface area contributed by atoms with Crippen molar-refractivity contribution in [1.29, 1.82) is 0 Å². The number of esters is 1. The summed E-state index contributed by atoms with van der Waals surface area (Å²) in [5.41, 5.74) is 2.74. The molecule has 8 nitrogen and oxygen atoms in total. The lowest BCUT2D eigenvalue weighted by Gasteiger charge is -2.36. The number of ketones is 1. The third kappa shape index (κ3) is 5.88. The Morgan fingerprint density at radius 2 is 1.74 bits per heavy atom. The van der Waals surface area contributed by atoms with Crippen LogP contribution >= 0.6 is 0 Å². The summed E-state index contributed by atoms with van der Waals surface area (Å²) in [6.45, 7) is 0.299. The fraction of sp³-hybridized carbons (Fsp3) is 0.407. The molecule has 0 bridgehead atoms. The molecule has 2 amide bonds. The summed E-state index contributed by atoms with van der Waals surface area (Å²) in [6.07, 6.45) is 1.70. The monoisotopic (exact) mass is 478 g/mol. The number of carbonyl (C=O) groups excluding carboxylic acids is 4. The fourth-order valence-corrected chi connectivity index (χ4v) is 4.84. The summed E-state index contributed by atoms with van der Waals surface area (Å²) in [7, 11) is 1.26. The first-order valence-corrected chi connectivity index (χ1v) is 11.9. The van der Waals surface area contributed by atoms with Crippen molar-refractivity contribution in [2.24, 2.45) is 5.92 Å². The predicted molar refractivity (Wildman–Crippen MR) is 127 cm³/mol. The van der Waals surface area contributed by atoms with Gasteiger partial charge in [0.1, 0.15) is 24.5 Å². The lowest BCUT2D eigenvalue weighted by molar-refractivity contribution is -0.148. The normalized spacial score (nSPS) is 20.4. The van der Waals surface area contributed by atoms with Crippen LogP contribution in [0.3, 0.4) is 0 Å². The molecule has 184 valence electrons. The largest absolute Gasteiger partial charge is 0.467 e. The van der Waals surface area contributed by atoms with Crippen LogP contribution in [0.4, 0.5) is 4.79 Å². The van der Waals surface area contributed by atoms with Crippen LogP contribution in [0.15, 0.2) is 54.6 Å². The number of hydrogen-bond donors (Lipinski definition) is 1. The van der Waals surface area contributed by atoms with Crippen molar-refractivity contribution in [3.8, 4) is 0 Å². The van der Waals surface area contributed by atoms with Gasteiger partial charge in [-0.2, -0.15) is 0 Å². The molecule has 0 radical (unpaired) electrons. The van der Waals surface area contributed by atoms with Gasteiger partial charge in [-0.15, -0.1) is 0 Å². The Morgan fingerprint density at radius 1 is 1.03 bits per heavy atom. The van der Waals surface area contributed by atoms with Gasteiger partial charge in [0, 0.05) is 19.3 Å². The van der Waals surface area contributed by atoms with Crippen LogP contribution in [0.5, 0.6) is 0 Å². The maximum Gasteiger partial charge on any atom is 0.411 e. The van der Waals surface area contributed by atoms with Crippen molar-refractivity contribution in [3.63, 3.8) is 0 Å². The summed E-state index contributed by atoms with van der Waals surface area (Å²) in [6, 6.07) is 15.1. The van der Waals surface area contributed by atoms with E-state index >= 15 is 0 Å². The first kappa shape index (κ1) is 24.4. The molecule has 0 unspecified atom stereocenters. The molecule has 35 heavy (non-hydrogen) atoms. The second-order valence-corrected chi connectivity index (χ2v) is 9.06. The molecule has 1 aliphatic carbocycles. The molecular formula is C27H30N2O6. The molecule has 1 N–H and O–H groups in total. The maximum atomic E-state index is 13.5. The zero-order valence-corrected chi connectivity index (χ0v) is 19.8. The molecular weight excluding hydrogens is 448 g/mol. The van der Waals surface area contributed by atoms with Crippen LogP contribution in [0.25, 0.3) is 0 Å². The van der Waals surface area contributed by atoms with E-state index in [9.17, 15) is 19.2 Å². The van der Waals surface area contributed by atoms with Gasteiger partial charge in [0.25, 0.3) is 0 Å². The molecule has 0 spiro atoms. The second-order valence-electron chi connectivity index (χ2n) is 9.06. The molecule has 3 atom stereocenters. The second kappa shape index (κ2) is 11.2. The van der Waals surface area contributed by atoms with Gasteiger partial charge in [-0.25, -0.2) is 9.59 Å². The van der Waals surface area contributed by atoms with Crippen LogP contribution in [-0.2, 0) is 43.4 Å². The van der Waals surface area contributed by atoms with Crippen LogP contribution in [0.2, 0.25) is 0 Å². The summed E-state index contributed by atoms with van der Waals surface area (Å²) in [4.78, 5) is 52.6. The number of methoxy groups -OCH3 is 1. The Morgan fingerprint density at radius 3 is 2.46 bits per heavy atom. The van der Waals surface area contributed by atoms with E-state index in [1.54, 1.807) is 0 Å². The standard InChI is InChI=1S/C27H30N2O6/c1-34-26(32)24(20-12-7-13-22(30)14-20)28-25(31)23-15-19-10-5-6-11-21(19)16-29(23)27(33)35-17-18-8-3-2-4-9-18/h2-6,8-11,20,23-24H,7,12-17H2,1H3,(H,28,31)/t20-,23-,24-/m0/s1. The summed E-state index contributed by atoms with van der Waals surface area (Å²) < 4.78 is 10.5. The zero-order valence-electron chi connectivity index (χ0n) is 19.8. The average molecular weight is 479 g/mol. The first-order chi connectivity index (χ1) is 17.0. The highest BCUT2D eigenvalue weighted by atomic mass is 16.6. The minimum atomic E-state index is -0.948. The van der Waals surface area contributed by atoms with Crippen LogP contribution in [0.1, 0.15) is 42.4 Å². The quantitative estimate of drug-likeness (QED) is 0.640. The number of rotatable bonds is 6. The first-order valence-electron chi connectivity index (χ1n) is 11.9. The van der Waals surface area contributed by atoms with Gasteiger partial charge in [0.2, 0.25) is 5.91 Å².